The van der Waals surface area contributed by atoms with Gasteiger partial charge in [-0.1, -0.05) is 60.1 Å². The van der Waals surface area contributed by atoms with Crippen LogP contribution in [0.4, 0.5) is 0 Å². The Bertz CT molecular complexity index is 514. The third-order valence-electron chi connectivity index (χ3n) is 4.10. The van der Waals surface area contributed by atoms with Gasteiger partial charge in [-0.25, -0.2) is 0 Å². The molecule has 0 bridgehead atoms. The number of ether oxygens (including phenoxy) is 1. The maximum absolute atomic E-state index is 12.1. The third-order valence-corrected chi connectivity index (χ3v) is 4.10. The van der Waals surface area contributed by atoms with Crippen molar-refractivity contribution in [3.63, 3.8) is 0 Å². The Hall–Kier alpha value is -1.51. The number of rotatable bonds is 7. The molecule has 0 saturated heterocycles. The van der Waals surface area contributed by atoms with Crippen LogP contribution >= 0.6 is 0 Å². The zero-order valence-corrected chi connectivity index (χ0v) is 15.5. The van der Waals surface area contributed by atoms with Crippen molar-refractivity contribution in [3.8, 4) is 5.75 Å². The minimum absolute atomic E-state index is 0.126. The molecule has 0 fully saturated rings. The highest BCUT2D eigenvalue weighted by atomic mass is 16.5. The number of carbonyl (C=O) groups is 1. The molecule has 3 nitrogen and oxygen atoms in total. The van der Waals surface area contributed by atoms with Gasteiger partial charge in [0.15, 0.2) is 0 Å². The van der Waals surface area contributed by atoms with Gasteiger partial charge in [-0.2, -0.15) is 0 Å². The monoisotopic (exact) mass is 320 g/mol. The van der Waals surface area contributed by atoms with Crippen molar-refractivity contribution >= 4 is 5.97 Å². The molecule has 1 rings (SSSR count). The number of hydrogen-bond acceptors (Lipinski definition) is 3. The van der Waals surface area contributed by atoms with Crippen LogP contribution in [-0.2, 0) is 21.4 Å². The van der Waals surface area contributed by atoms with Gasteiger partial charge in [-0.15, -0.1) is 0 Å². The van der Waals surface area contributed by atoms with Crippen LogP contribution in [0.5, 0.6) is 5.75 Å². The number of benzene rings is 1. The van der Waals surface area contributed by atoms with Crippen LogP contribution in [-0.4, -0.2) is 17.7 Å². The maximum atomic E-state index is 12.1. The van der Waals surface area contributed by atoms with E-state index in [9.17, 15) is 9.90 Å². The number of hydrogen-bond donors (Lipinski definition) is 1. The average Bonchev–Trinajstić information content (AvgIpc) is 2.45. The molecule has 0 saturated carbocycles. The van der Waals surface area contributed by atoms with Crippen molar-refractivity contribution in [2.45, 2.75) is 66.2 Å². The number of phenolic OH excluding ortho intramolecular Hbond substituents is 1. The lowest BCUT2D eigenvalue weighted by molar-refractivity contribution is -0.149. The molecule has 0 aromatic heterocycles. The number of aromatic hydroxyl groups is 1. The molecule has 3 heteroatoms. The Morgan fingerprint density at radius 1 is 1.26 bits per heavy atom. The standard InChI is InChI=1S/C20H32O3/c1-7-8-14(2)13-23-19(22)15(3)11-16-9-10-18(21)17(12-16)20(4,5)6/h9-10,12,14-15,21H,7-8,11,13H2,1-6H3. The second-order valence-electron chi connectivity index (χ2n) is 7.73. The van der Waals surface area contributed by atoms with E-state index in [0.717, 1.165) is 24.0 Å². The van der Waals surface area contributed by atoms with Gasteiger partial charge in [0.2, 0.25) is 0 Å². The Labute approximate surface area is 141 Å². The van der Waals surface area contributed by atoms with Crippen molar-refractivity contribution in [2.75, 3.05) is 6.61 Å². The first kappa shape index (κ1) is 19.5. The molecule has 2 unspecified atom stereocenters. The maximum Gasteiger partial charge on any atom is 0.308 e. The van der Waals surface area contributed by atoms with Crippen LogP contribution in [0.2, 0.25) is 0 Å². The first-order valence-corrected chi connectivity index (χ1v) is 8.64. The number of esters is 1. The van der Waals surface area contributed by atoms with E-state index in [-0.39, 0.29) is 17.3 Å². The Morgan fingerprint density at radius 2 is 1.91 bits per heavy atom. The van der Waals surface area contributed by atoms with Gasteiger partial charge >= 0.3 is 5.97 Å². The molecule has 2 atom stereocenters. The summed E-state index contributed by atoms with van der Waals surface area (Å²) in [5, 5.41) is 10.0. The molecular weight excluding hydrogens is 288 g/mol. The summed E-state index contributed by atoms with van der Waals surface area (Å²) >= 11 is 0. The van der Waals surface area contributed by atoms with Crippen molar-refractivity contribution in [3.05, 3.63) is 29.3 Å². The van der Waals surface area contributed by atoms with E-state index in [2.05, 4.69) is 34.6 Å². The average molecular weight is 320 g/mol. The fourth-order valence-corrected chi connectivity index (χ4v) is 2.69. The predicted molar refractivity (Wildman–Crippen MR) is 94.7 cm³/mol. The van der Waals surface area contributed by atoms with E-state index < -0.39 is 0 Å². The Morgan fingerprint density at radius 3 is 2.48 bits per heavy atom. The summed E-state index contributed by atoms with van der Waals surface area (Å²) in [5.74, 6) is 0.404. The predicted octanol–water partition coefficient (Wildman–Crippen LogP) is 4.85. The lowest BCUT2D eigenvalue weighted by Crippen LogP contribution is -2.20. The number of carbonyl (C=O) groups excluding carboxylic acids is 1. The van der Waals surface area contributed by atoms with Gasteiger partial charge in [-0.05, 0) is 41.4 Å². The van der Waals surface area contributed by atoms with Crippen molar-refractivity contribution in [1.82, 2.24) is 0 Å². The molecule has 23 heavy (non-hydrogen) atoms. The molecule has 1 aromatic rings. The lowest BCUT2D eigenvalue weighted by Gasteiger charge is -2.22. The molecule has 0 spiro atoms. The SMILES string of the molecule is CCCC(C)COC(=O)C(C)Cc1ccc(O)c(C(C)(C)C)c1. The van der Waals surface area contributed by atoms with Gasteiger partial charge < -0.3 is 9.84 Å². The molecule has 0 heterocycles. The number of phenols is 1. The van der Waals surface area contributed by atoms with Crippen molar-refractivity contribution in [2.24, 2.45) is 11.8 Å². The molecule has 1 aromatic carbocycles. The minimum atomic E-state index is -0.179. The fraction of sp³-hybridized carbons (Fsp3) is 0.650. The Kier molecular flexibility index (Phi) is 7.11. The van der Waals surface area contributed by atoms with Crippen molar-refractivity contribution in [1.29, 1.82) is 0 Å². The molecule has 0 aliphatic carbocycles. The summed E-state index contributed by atoms with van der Waals surface area (Å²) < 4.78 is 5.42. The summed E-state index contributed by atoms with van der Waals surface area (Å²) in [7, 11) is 0. The summed E-state index contributed by atoms with van der Waals surface area (Å²) in [6.07, 6.45) is 2.82. The zero-order chi connectivity index (χ0) is 17.6. The highest BCUT2D eigenvalue weighted by Crippen LogP contribution is 2.31. The largest absolute Gasteiger partial charge is 0.508 e. The molecule has 130 valence electrons. The summed E-state index contributed by atoms with van der Waals surface area (Å²) in [4.78, 5) is 12.1. The first-order chi connectivity index (χ1) is 10.6. The van der Waals surface area contributed by atoms with Crippen LogP contribution in [0.15, 0.2) is 18.2 Å². The quantitative estimate of drug-likeness (QED) is 0.731. The smallest absolute Gasteiger partial charge is 0.308 e. The van der Waals surface area contributed by atoms with Gasteiger partial charge in [0.25, 0.3) is 0 Å². The van der Waals surface area contributed by atoms with E-state index in [1.165, 1.54) is 0 Å². The molecule has 0 radical (unpaired) electrons. The highest BCUT2D eigenvalue weighted by Gasteiger charge is 2.21. The van der Waals surface area contributed by atoms with Gasteiger partial charge in [0.1, 0.15) is 5.75 Å². The highest BCUT2D eigenvalue weighted by molar-refractivity contribution is 5.72. The topological polar surface area (TPSA) is 46.5 Å². The van der Waals surface area contributed by atoms with Crippen LogP contribution < -0.4 is 0 Å². The lowest BCUT2D eigenvalue weighted by atomic mass is 9.84. The molecular formula is C20H32O3. The molecule has 1 N–H and O–H groups in total. The minimum Gasteiger partial charge on any atom is -0.508 e. The molecule has 0 aliphatic heterocycles. The van der Waals surface area contributed by atoms with Gasteiger partial charge in [0, 0.05) is 0 Å². The van der Waals surface area contributed by atoms with E-state index in [1.807, 2.05) is 19.1 Å². The van der Waals surface area contributed by atoms with Gasteiger partial charge in [0.05, 0.1) is 12.5 Å². The third kappa shape index (κ3) is 6.25. The van der Waals surface area contributed by atoms with E-state index in [4.69, 9.17) is 4.74 Å². The van der Waals surface area contributed by atoms with Crippen LogP contribution in [0.1, 0.15) is 65.5 Å². The molecule has 0 amide bonds. The van der Waals surface area contributed by atoms with Crippen LogP contribution in [0.3, 0.4) is 0 Å². The second-order valence-corrected chi connectivity index (χ2v) is 7.73. The van der Waals surface area contributed by atoms with Gasteiger partial charge in [-0.3, -0.25) is 4.79 Å². The zero-order valence-electron chi connectivity index (χ0n) is 15.5. The van der Waals surface area contributed by atoms with Crippen LogP contribution in [0.25, 0.3) is 0 Å². The summed E-state index contributed by atoms with van der Waals surface area (Å²) in [6.45, 7) is 12.8. The van der Waals surface area contributed by atoms with Crippen LogP contribution in [0, 0.1) is 11.8 Å². The van der Waals surface area contributed by atoms with E-state index in [1.54, 1.807) is 6.07 Å². The fourth-order valence-electron chi connectivity index (χ4n) is 2.69. The Balaban J connectivity index is 2.67. The summed E-state index contributed by atoms with van der Waals surface area (Å²) in [5.41, 5.74) is 1.84. The van der Waals surface area contributed by atoms with Crippen molar-refractivity contribution < 1.29 is 14.6 Å². The van der Waals surface area contributed by atoms with E-state index >= 15 is 0 Å². The first-order valence-electron chi connectivity index (χ1n) is 8.64. The molecule has 0 aliphatic rings. The normalized spacial score (nSPS) is 14.3. The van der Waals surface area contributed by atoms with E-state index in [0.29, 0.717) is 24.7 Å². The second kappa shape index (κ2) is 8.37. The summed E-state index contributed by atoms with van der Waals surface area (Å²) in [6, 6.07) is 5.60.